The molecule has 2 N–H and O–H groups in total. The first-order valence-electron chi connectivity index (χ1n) is 11.1. The van der Waals surface area contributed by atoms with E-state index >= 15 is 0 Å². The number of hydrogen-bond donors (Lipinski definition) is 2. The highest BCUT2D eigenvalue weighted by Gasteiger charge is 2.37. The van der Waals surface area contributed by atoms with Crippen molar-refractivity contribution in [3.05, 3.63) is 67.7 Å². The van der Waals surface area contributed by atoms with E-state index in [0.29, 0.717) is 15.2 Å². The number of esters is 1. The molecule has 2 heterocycles. The molecule has 11 nitrogen and oxygen atoms in total. The van der Waals surface area contributed by atoms with E-state index in [1.54, 1.807) is 45.0 Å². The largest absolute Gasteiger partial charge is 0.461 e. The summed E-state index contributed by atoms with van der Waals surface area (Å²) in [6.07, 6.45) is -3.47. The molecule has 0 spiro atoms. The van der Waals surface area contributed by atoms with Crippen molar-refractivity contribution in [1.29, 1.82) is 0 Å². The van der Waals surface area contributed by atoms with Gasteiger partial charge >= 0.3 is 17.8 Å². The lowest BCUT2D eigenvalue weighted by atomic mass is 10.2. The van der Waals surface area contributed by atoms with Crippen LogP contribution in [0.15, 0.2) is 40.1 Å². The molecule has 1 amide bonds. The van der Waals surface area contributed by atoms with Gasteiger partial charge in [-0.25, -0.2) is 9.59 Å². The number of carbonyl (C=O) groups is 2. The quantitative estimate of drug-likeness (QED) is 0.517. The van der Waals surface area contributed by atoms with Crippen LogP contribution in [0.5, 0.6) is 0 Å². The number of aromatic nitrogens is 2. The van der Waals surface area contributed by atoms with E-state index in [-0.39, 0.29) is 19.6 Å². The number of halogens is 2. The maximum atomic E-state index is 14.4. The topological polar surface area (TPSA) is 138 Å². The zero-order chi connectivity index (χ0) is 26.6. The monoisotopic (exact) mass is 527 g/mol. The van der Waals surface area contributed by atoms with Crippen molar-refractivity contribution in [2.24, 2.45) is 0 Å². The molecule has 196 valence electrons. The minimum absolute atomic E-state index is 0.114. The third-order valence-electron chi connectivity index (χ3n) is 5.11. The zero-order valence-corrected chi connectivity index (χ0v) is 20.7. The van der Waals surface area contributed by atoms with E-state index < -0.39 is 59.7 Å². The van der Waals surface area contributed by atoms with Gasteiger partial charge in [0.15, 0.2) is 0 Å². The van der Waals surface area contributed by atoms with Gasteiger partial charge in [0.2, 0.25) is 5.82 Å². The molecule has 3 rings (SSSR count). The minimum Gasteiger partial charge on any atom is -0.461 e. The van der Waals surface area contributed by atoms with Gasteiger partial charge in [-0.15, -0.1) is 0 Å². The third-order valence-corrected chi connectivity index (χ3v) is 5.36. The standard InChI is InChI=1S/C23H27ClFN3O8/c1-23(2,3)36-21(32)26-9-19(30)34-12-17-16(29)8-18(35-17)27-11-15(25)20(31)28(22(27)33)10-13-4-6-14(24)7-5-13/h4-7,11,16-18,29H,8-10,12H2,1-3H3,(H,26,32)/t16?,17-,18-/m0/s1. The van der Waals surface area contributed by atoms with E-state index in [4.69, 9.17) is 25.8 Å². The van der Waals surface area contributed by atoms with Crippen LogP contribution in [-0.2, 0) is 25.5 Å². The molecule has 3 atom stereocenters. The number of aliphatic hydroxyl groups is 1. The lowest BCUT2D eigenvalue weighted by Gasteiger charge is -2.20. The first-order chi connectivity index (χ1) is 16.8. The summed E-state index contributed by atoms with van der Waals surface area (Å²) >= 11 is 5.85. The van der Waals surface area contributed by atoms with Crippen molar-refractivity contribution in [1.82, 2.24) is 14.5 Å². The predicted molar refractivity (Wildman–Crippen MR) is 125 cm³/mol. The van der Waals surface area contributed by atoms with E-state index in [1.807, 2.05) is 0 Å². The summed E-state index contributed by atoms with van der Waals surface area (Å²) in [5.74, 6) is -1.98. The van der Waals surface area contributed by atoms with Gasteiger partial charge in [0, 0.05) is 11.4 Å². The fourth-order valence-electron chi connectivity index (χ4n) is 3.43. The van der Waals surface area contributed by atoms with Gasteiger partial charge < -0.3 is 24.6 Å². The highest BCUT2D eigenvalue weighted by atomic mass is 35.5. The fraction of sp³-hybridized carbons (Fsp3) is 0.478. The lowest BCUT2D eigenvalue weighted by molar-refractivity contribution is -0.149. The maximum Gasteiger partial charge on any atom is 0.408 e. The van der Waals surface area contributed by atoms with Crippen LogP contribution in [-0.4, -0.2) is 57.3 Å². The normalized spacial score (nSPS) is 19.7. The Morgan fingerprint density at radius 3 is 2.56 bits per heavy atom. The van der Waals surface area contributed by atoms with Gasteiger partial charge in [-0.1, -0.05) is 23.7 Å². The number of hydrogen-bond acceptors (Lipinski definition) is 8. The molecule has 1 fully saturated rings. The molecular formula is C23H27ClFN3O8. The highest BCUT2D eigenvalue weighted by Crippen LogP contribution is 2.28. The molecular weight excluding hydrogens is 501 g/mol. The average Bonchev–Trinajstić information content (AvgIpc) is 3.16. The minimum atomic E-state index is -1.18. The van der Waals surface area contributed by atoms with Crippen LogP contribution in [0.25, 0.3) is 0 Å². The molecule has 1 aliphatic heterocycles. The second kappa shape index (κ2) is 11.2. The first-order valence-corrected chi connectivity index (χ1v) is 11.4. The molecule has 0 bridgehead atoms. The van der Waals surface area contributed by atoms with Crippen LogP contribution in [0, 0.1) is 5.82 Å². The number of nitrogens with zero attached hydrogens (tertiary/aromatic N) is 2. The van der Waals surface area contributed by atoms with Gasteiger partial charge in [-0.3, -0.25) is 18.7 Å². The molecule has 1 aliphatic rings. The van der Waals surface area contributed by atoms with Gasteiger partial charge in [0.05, 0.1) is 18.8 Å². The Morgan fingerprint density at radius 2 is 1.92 bits per heavy atom. The average molecular weight is 528 g/mol. The fourth-order valence-corrected chi connectivity index (χ4v) is 3.55. The van der Waals surface area contributed by atoms with Crippen LogP contribution in [0.1, 0.15) is 39.0 Å². The Kier molecular flexibility index (Phi) is 8.54. The number of ether oxygens (including phenoxy) is 3. The Bertz CT molecular complexity index is 1220. The van der Waals surface area contributed by atoms with Crippen molar-refractivity contribution in [3.63, 3.8) is 0 Å². The maximum absolute atomic E-state index is 14.4. The van der Waals surface area contributed by atoms with Crippen molar-refractivity contribution in [3.8, 4) is 0 Å². The molecule has 1 unspecified atom stereocenters. The van der Waals surface area contributed by atoms with Crippen molar-refractivity contribution >= 4 is 23.7 Å². The highest BCUT2D eigenvalue weighted by molar-refractivity contribution is 6.30. The van der Waals surface area contributed by atoms with Crippen LogP contribution in [0.4, 0.5) is 9.18 Å². The zero-order valence-electron chi connectivity index (χ0n) is 19.9. The van der Waals surface area contributed by atoms with Crippen LogP contribution >= 0.6 is 11.6 Å². The van der Waals surface area contributed by atoms with Gasteiger partial charge in [-0.2, -0.15) is 4.39 Å². The van der Waals surface area contributed by atoms with Crippen molar-refractivity contribution in [2.45, 2.75) is 57.8 Å². The smallest absolute Gasteiger partial charge is 0.408 e. The summed E-state index contributed by atoms with van der Waals surface area (Å²) in [6.45, 7) is 3.95. The molecule has 1 aromatic heterocycles. The number of carbonyl (C=O) groups excluding carboxylic acids is 2. The number of benzene rings is 1. The third kappa shape index (κ3) is 7.15. The number of nitrogens with one attached hydrogen (secondary N) is 1. The van der Waals surface area contributed by atoms with Crippen LogP contribution in [0.2, 0.25) is 5.02 Å². The SMILES string of the molecule is CC(C)(C)OC(=O)NCC(=O)OC[C@@H]1O[C@H](n2cc(F)c(=O)n(Cc3ccc(Cl)cc3)c2=O)CC1O. The Balaban J connectivity index is 1.64. The lowest BCUT2D eigenvalue weighted by Crippen LogP contribution is -2.42. The summed E-state index contributed by atoms with van der Waals surface area (Å²) in [4.78, 5) is 48.8. The van der Waals surface area contributed by atoms with E-state index in [0.717, 1.165) is 10.8 Å². The number of aliphatic hydroxyl groups excluding tert-OH is 1. The second-order valence-electron chi connectivity index (χ2n) is 9.16. The number of alkyl carbamates (subject to hydrolysis) is 1. The molecule has 1 saturated heterocycles. The molecule has 0 saturated carbocycles. The van der Waals surface area contributed by atoms with Crippen LogP contribution in [0.3, 0.4) is 0 Å². The van der Waals surface area contributed by atoms with Crippen molar-refractivity contribution in [2.75, 3.05) is 13.2 Å². The number of rotatable bonds is 7. The Labute approximate surface area is 210 Å². The number of amides is 1. The first kappa shape index (κ1) is 27.4. The summed E-state index contributed by atoms with van der Waals surface area (Å²) in [7, 11) is 0. The molecule has 0 aliphatic carbocycles. The summed E-state index contributed by atoms with van der Waals surface area (Å²) in [5, 5.41) is 13.0. The van der Waals surface area contributed by atoms with E-state index in [9.17, 15) is 28.7 Å². The predicted octanol–water partition coefficient (Wildman–Crippen LogP) is 1.57. The Hall–Kier alpha value is -3.22. The summed E-state index contributed by atoms with van der Waals surface area (Å²) < 4.78 is 31.6. The Morgan fingerprint density at radius 1 is 1.25 bits per heavy atom. The van der Waals surface area contributed by atoms with Crippen molar-refractivity contribution < 1.29 is 33.3 Å². The molecule has 36 heavy (non-hydrogen) atoms. The van der Waals surface area contributed by atoms with Crippen LogP contribution < -0.4 is 16.6 Å². The summed E-state index contributed by atoms with van der Waals surface area (Å²) in [5.41, 5.74) is -2.13. The summed E-state index contributed by atoms with van der Waals surface area (Å²) in [6, 6.07) is 6.35. The van der Waals surface area contributed by atoms with Gasteiger partial charge in [0.25, 0.3) is 5.56 Å². The molecule has 2 aromatic rings. The molecule has 0 radical (unpaired) electrons. The van der Waals surface area contributed by atoms with E-state index in [2.05, 4.69) is 5.32 Å². The second-order valence-corrected chi connectivity index (χ2v) is 9.59. The van der Waals surface area contributed by atoms with E-state index in [1.165, 1.54) is 0 Å². The molecule has 1 aromatic carbocycles. The van der Waals surface area contributed by atoms with Gasteiger partial charge in [-0.05, 0) is 38.5 Å². The van der Waals surface area contributed by atoms with Gasteiger partial charge in [0.1, 0.15) is 31.1 Å². The molecule has 13 heteroatoms.